The van der Waals surface area contributed by atoms with Gasteiger partial charge in [-0.15, -0.1) is 13.2 Å². The molecule has 0 aliphatic heterocycles. The SMILES string of the molecule is C=CCCCC(F)OCC=C. The zero-order chi connectivity index (χ0) is 8.53. The van der Waals surface area contributed by atoms with Crippen molar-refractivity contribution >= 4 is 0 Å². The molecule has 0 aliphatic rings. The predicted octanol–water partition coefficient (Wildman–Crippen LogP) is 2.84. The summed E-state index contributed by atoms with van der Waals surface area (Å²) in [6.45, 7) is 7.25. The molecule has 0 fully saturated rings. The van der Waals surface area contributed by atoms with Gasteiger partial charge >= 0.3 is 0 Å². The number of rotatable bonds is 7. The minimum absolute atomic E-state index is 0.287. The van der Waals surface area contributed by atoms with Crippen molar-refractivity contribution in [3.8, 4) is 0 Å². The van der Waals surface area contributed by atoms with Crippen molar-refractivity contribution in [3.63, 3.8) is 0 Å². The van der Waals surface area contributed by atoms with Crippen LogP contribution in [-0.2, 0) is 4.74 Å². The molecule has 0 saturated carbocycles. The molecule has 64 valence electrons. The molecule has 0 radical (unpaired) electrons. The van der Waals surface area contributed by atoms with Crippen LogP contribution in [0.1, 0.15) is 19.3 Å². The van der Waals surface area contributed by atoms with Gasteiger partial charge in [-0.05, 0) is 12.8 Å². The second kappa shape index (κ2) is 7.48. The lowest BCUT2D eigenvalue weighted by Gasteiger charge is -2.05. The lowest BCUT2D eigenvalue weighted by Crippen LogP contribution is -2.05. The maximum atomic E-state index is 12.6. The summed E-state index contributed by atoms with van der Waals surface area (Å²) in [4.78, 5) is 0. The third kappa shape index (κ3) is 7.26. The summed E-state index contributed by atoms with van der Waals surface area (Å²) in [6, 6.07) is 0. The third-order valence-corrected chi connectivity index (χ3v) is 1.23. The topological polar surface area (TPSA) is 9.23 Å². The highest BCUT2D eigenvalue weighted by Gasteiger charge is 2.02. The molecule has 1 nitrogen and oxygen atoms in total. The predicted molar refractivity (Wildman–Crippen MR) is 45.1 cm³/mol. The van der Waals surface area contributed by atoms with E-state index >= 15 is 0 Å². The third-order valence-electron chi connectivity index (χ3n) is 1.23. The first-order valence-corrected chi connectivity index (χ1v) is 3.78. The van der Waals surface area contributed by atoms with Crippen molar-refractivity contribution in [1.29, 1.82) is 0 Å². The maximum absolute atomic E-state index is 12.6. The number of unbranched alkanes of at least 4 members (excludes halogenated alkanes) is 1. The van der Waals surface area contributed by atoms with Gasteiger partial charge in [0, 0.05) is 6.42 Å². The fraction of sp³-hybridized carbons (Fsp3) is 0.556. The van der Waals surface area contributed by atoms with E-state index in [0.29, 0.717) is 6.42 Å². The fourth-order valence-electron chi connectivity index (χ4n) is 0.678. The quantitative estimate of drug-likeness (QED) is 0.409. The van der Waals surface area contributed by atoms with Crippen molar-refractivity contribution < 1.29 is 9.13 Å². The number of ether oxygens (including phenoxy) is 1. The Morgan fingerprint density at radius 2 is 2.09 bits per heavy atom. The molecule has 1 atom stereocenters. The molecular formula is C9H15FO. The van der Waals surface area contributed by atoms with Gasteiger partial charge in [-0.3, -0.25) is 0 Å². The fourth-order valence-corrected chi connectivity index (χ4v) is 0.678. The van der Waals surface area contributed by atoms with E-state index in [0.717, 1.165) is 12.8 Å². The van der Waals surface area contributed by atoms with E-state index in [9.17, 15) is 4.39 Å². The van der Waals surface area contributed by atoms with E-state index in [2.05, 4.69) is 13.2 Å². The molecule has 0 amide bonds. The van der Waals surface area contributed by atoms with Gasteiger partial charge in [-0.1, -0.05) is 12.2 Å². The number of allylic oxidation sites excluding steroid dienone is 1. The Balaban J connectivity index is 3.14. The van der Waals surface area contributed by atoms with Crippen LogP contribution >= 0.6 is 0 Å². The monoisotopic (exact) mass is 158 g/mol. The number of hydrogen-bond acceptors (Lipinski definition) is 1. The Morgan fingerprint density at radius 1 is 1.36 bits per heavy atom. The summed E-state index contributed by atoms with van der Waals surface area (Å²) in [6.07, 6.45) is 4.26. The van der Waals surface area contributed by atoms with Crippen LogP contribution in [0.5, 0.6) is 0 Å². The van der Waals surface area contributed by atoms with E-state index in [4.69, 9.17) is 4.74 Å². The Bertz CT molecular complexity index is 112. The Hall–Kier alpha value is -0.630. The second-order valence-corrected chi connectivity index (χ2v) is 2.25. The van der Waals surface area contributed by atoms with Gasteiger partial charge in [-0.2, -0.15) is 0 Å². The Kier molecular flexibility index (Phi) is 7.05. The Morgan fingerprint density at radius 3 is 2.64 bits per heavy atom. The average molecular weight is 158 g/mol. The van der Waals surface area contributed by atoms with Crippen LogP contribution in [0.3, 0.4) is 0 Å². The second-order valence-electron chi connectivity index (χ2n) is 2.25. The highest BCUT2D eigenvalue weighted by Crippen LogP contribution is 2.06. The minimum Gasteiger partial charge on any atom is -0.344 e. The van der Waals surface area contributed by atoms with Gasteiger partial charge in [0.1, 0.15) is 0 Å². The van der Waals surface area contributed by atoms with Gasteiger partial charge in [-0.25, -0.2) is 4.39 Å². The molecule has 0 rings (SSSR count). The molecule has 0 aliphatic carbocycles. The van der Waals surface area contributed by atoms with Crippen LogP contribution < -0.4 is 0 Å². The molecule has 0 N–H and O–H groups in total. The van der Waals surface area contributed by atoms with Crippen LogP contribution in [-0.4, -0.2) is 13.0 Å². The van der Waals surface area contributed by atoms with Gasteiger partial charge in [0.2, 0.25) is 0 Å². The average Bonchev–Trinajstić information content (AvgIpc) is 2.01. The van der Waals surface area contributed by atoms with Crippen molar-refractivity contribution in [2.45, 2.75) is 25.6 Å². The maximum Gasteiger partial charge on any atom is 0.199 e. The van der Waals surface area contributed by atoms with Gasteiger partial charge in [0.05, 0.1) is 6.61 Å². The molecule has 0 heterocycles. The van der Waals surface area contributed by atoms with Crippen molar-refractivity contribution in [2.75, 3.05) is 6.61 Å². The van der Waals surface area contributed by atoms with Crippen LogP contribution in [0.25, 0.3) is 0 Å². The van der Waals surface area contributed by atoms with Crippen LogP contribution in [0, 0.1) is 0 Å². The molecule has 1 unspecified atom stereocenters. The summed E-state index contributed by atoms with van der Waals surface area (Å²) < 4.78 is 17.3. The molecule has 0 aromatic carbocycles. The van der Waals surface area contributed by atoms with E-state index in [-0.39, 0.29) is 6.61 Å². The van der Waals surface area contributed by atoms with E-state index in [1.54, 1.807) is 12.2 Å². The van der Waals surface area contributed by atoms with Crippen LogP contribution in [0.15, 0.2) is 25.3 Å². The first kappa shape index (κ1) is 10.4. The summed E-state index contributed by atoms with van der Waals surface area (Å²) in [5, 5.41) is 0. The number of hydrogen-bond donors (Lipinski definition) is 0. The van der Waals surface area contributed by atoms with Crippen molar-refractivity contribution in [3.05, 3.63) is 25.3 Å². The smallest absolute Gasteiger partial charge is 0.199 e. The summed E-state index contributed by atoms with van der Waals surface area (Å²) in [7, 11) is 0. The van der Waals surface area contributed by atoms with Gasteiger partial charge in [0.25, 0.3) is 0 Å². The molecule has 2 heteroatoms. The highest BCUT2D eigenvalue weighted by atomic mass is 19.1. The minimum atomic E-state index is -1.15. The first-order chi connectivity index (χ1) is 5.31. The lowest BCUT2D eigenvalue weighted by molar-refractivity contribution is -0.0305. The van der Waals surface area contributed by atoms with E-state index in [1.807, 2.05) is 0 Å². The normalized spacial score (nSPS) is 12.5. The molecule has 0 aromatic rings. The molecule has 0 saturated heterocycles. The molecule has 11 heavy (non-hydrogen) atoms. The van der Waals surface area contributed by atoms with Gasteiger partial charge in [0.15, 0.2) is 6.36 Å². The molecular weight excluding hydrogens is 143 g/mol. The molecule has 0 bridgehead atoms. The standard InChI is InChI=1S/C9H15FO/c1-3-5-6-7-9(10)11-8-4-2/h3-4,9H,1-2,5-8H2. The van der Waals surface area contributed by atoms with E-state index in [1.165, 1.54) is 0 Å². The molecule has 0 spiro atoms. The Labute approximate surface area is 67.6 Å². The highest BCUT2D eigenvalue weighted by molar-refractivity contribution is 4.67. The summed E-state index contributed by atoms with van der Waals surface area (Å²) in [5.41, 5.74) is 0. The van der Waals surface area contributed by atoms with Crippen molar-refractivity contribution in [1.82, 2.24) is 0 Å². The van der Waals surface area contributed by atoms with Crippen molar-refractivity contribution in [2.24, 2.45) is 0 Å². The van der Waals surface area contributed by atoms with Crippen LogP contribution in [0.2, 0.25) is 0 Å². The number of halogens is 1. The summed E-state index contributed by atoms with van der Waals surface area (Å²) in [5.74, 6) is 0. The van der Waals surface area contributed by atoms with E-state index < -0.39 is 6.36 Å². The largest absolute Gasteiger partial charge is 0.344 e. The molecule has 0 aromatic heterocycles. The summed E-state index contributed by atoms with van der Waals surface area (Å²) >= 11 is 0. The zero-order valence-corrected chi connectivity index (χ0v) is 6.76. The number of alkyl halides is 1. The lowest BCUT2D eigenvalue weighted by atomic mass is 10.2. The first-order valence-electron chi connectivity index (χ1n) is 3.78. The zero-order valence-electron chi connectivity index (χ0n) is 6.76. The van der Waals surface area contributed by atoms with Crippen LogP contribution in [0.4, 0.5) is 4.39 Å². The van der Waals surface area contributed by atoms with Gasteiger partial charge < -0.3 is 4.74 Å².